The van der Waals surface area contributed by atoms with Crippen molar-refractivity contribution >= 4 is 5.91 Å². The molecule has 0 unspecified atom stereocenters. The van der Waals surface area contributed by atoms with Crippen LogP contribution in [0.5, 0.6) is 0 Å². The van der Waals surface area contributed by atoms with Gasteiger partial charge < -0.3 is 5.32 Å². The molecule has 0 saturated heterocycles. The Balaban J connectivity index is 1.92. The van der Waals surface area contributed by atoms with Crippen LogP contribution >= 0.6 is 0 Å². The number of carbonyl (C=O) groups is 1. The lowest BCUT2D eigenvalue weighted by Gasteiger charge is -2.06. The van der Waals surface area contributed by atoms with Crippen molar-refractivity contribution in [3.63, 3.8) is 0 Å². The topological polar surface area (TPSA) is 29.1 Å². The van der Waals surface area contributed by atoms with Crippen LogP contribution in [0.4, 0.5) is 4.39 Å². The predicted molar refractivity (Wildman–Crippen MR) is 95.0 cm³/mol. The number of carbonyl (C=O) groups excluding carboxylic acids is 1. The number of rotatable bonds is 13. The minimum Gasteiger partial charge on any atom is -0.356 e. The van der Waals surface area contributed by atoms with Gasteiger partial charge in [-0.25, -0.2) is 4.39 Å². The Morgan fingerprint density at radius 3 is 2.30 bits per heavy atom. The van der Waals surface area contributed by atoms with E-state index < -0.39 is 0 Å². The van der Waals surface area contributed by atoms with Gasteiger partial charge in [0.05, 0.1) is 0 Å². The van der Waals surface area contributed by atoms with E-state index in [4.69, 9.17) is 0 Å². The van der Waals surface area contributed by atoms with Gasteiger partial charge in [0.2, 0.25) is 5.91 Å². The molecular weight excluding hydrogens is 289 g/mol. The molecule has 1 aromatic carbocycles. The van der Waals surface area contributed by atoms with E-state index in [9.17, 15) is 9.18 Å². The second-order valence-electron chi connectivity index (χ2n) is 6.31. The van der Waals surface area contributed by atoms with Gasteiger partial charge in [-0.05, 0) is 30.5 Å². The minimum absolute atomic E-state index is 0.115. The van der Waals surface area contributed by atoms with Crippen LogP contribution in [-0.2, 0) is 11.2 Å². The van der Waals surface area contributed by atoms with Crippen molar-refractivity contribution in [2.24, 2.45) is 0 Å². The van der Waals surface area contributed by atoms with Gasteiger partial charge in [-0.3, -0.25) is 4.79 Å². The highest BCUT2D eigenvalue weighted by molar-refractivity contribution is 5.75. The zero-order chi connectivity index (χ0) is 16.8. The Labute approximate surface area is 140 Å². The maximum Gasteiger partial charge on any atom is 0.220 e. The third-order valence-electron chi connectivity index (χ3n) is 4.13. The van der Waals surface area contributed by atoms with Crippen LogP contribution in [0.25, 0.3) is 0 Å². The molecule has 0 aliphatic carbocycles. The number of halogens is 1. The number of unbranched alkanes of at least 4 members (excludes halogenated alkanes) is 8. The van der Waals surface area contributed by atoms with Crippen LogP contribution in [0.2, 0.25) is 0 Å². The Kier molecular flexibility index (Phi) is 11.2. The van der Waals surface area contributed by atoms with Gasteiger partial charge in [0.15, 0.2) is 0 Å². The molecule has 1 N–H and O–H groups in total. The smallest absolute Gasteiger partial charge is 0.220 e. The fourth-order valence-electron chi connectivity index (χ4n) is 2.72. The predicted octanol–water partition coefficient (Wildman–Crippen LogP) is 5.41. The second-order valence-corrected chi connectivity index (χ2v) is 6.31. The molecule has 130 valence electrons. The Bertz CT molecular complexity index is 433. The van der Waals surface area contributed by atoms with E-state index in [1.807, 2.05) is 6.07 Å². The summed E-state index contributed by atoms with van der Waals surface area (Å²) >= 11 is 0. The van der Waals surface area contributed by atoms with Crippen molar-refractivity contribution in [3.05, 3.63) is 35.6 Å². The molecule has 3 heteroatoms. The summed E-state index contributed by atoms with van der Waals surface area (Å²) in [7, 11) is 0. The molecule has 0 fully saturated rings. The molecule has 0 aliphatic heterocycles. The number of benzene rings is 1. The molecule has 0 radical (unpaired) electrons. The highest BCUT2D eigenvalue weighted by Crippen LogP contribution is 2.10. The summed E-state index contributed by atoms with van der Waals surface area (Å²) in [6, 6.07) is 6.54. The Morgan fingerprint density at radius 1 is 1.00 bits per heavy atom. The fourth-order valence-corrected chi connectivity index (χ4v) is 2.72. The van der Waals surface area contributed by atoms with Gasteiger partial charge in [-0.2, -0.15) is 0 Å². The molecule has 1 rings (SSSR count). The normalized spacial score (nSPS) is 10.7. The van der Waals surface area contributed by atoms with Crippen LogP contribution < -0.4 is 5.32 Å². The average Bonchev–Trinajstić information content (AvgIpc) is 2.53. The van der Waals surface area contributed by atoms with E-state index in [1.165, 1.54) is 57.1 Å². The quantitative estimate of drug-likeness (QED) is 0.484. The molecule has 23 heavy (non-hydrogen) atoms. The molecule has 0 aromatic heterocycles. The summed E-state index contributed by atoms with van der Waals surface area (Å²) in [5, 5.41) is 2.91. The molecule has 0 spiro atoms. The Morgan fingerprint density at radius 2 is 1.65 bits per heavy atom. The minimum atomic E-state index is -0.219. The third kappa shape index (κ3) is 10.9. The zero-order valence-corrected chi connectivity index (χ0v) is 14.6. The van der Waals surface area contributed by atoms with E-state index >= 15 is 0 Å². The standard InChI is InChI=1S/C20H32FNO/c1-2-3-4-5-6-7-8-9-10-14-20(23)22-16-15-18-12-11-13-19(21)17-18/h11-13,17H,2-10,14-16H2,1H3,(H,22,23). The lowest BCUT2D eigenvalue weighted by molar-refractivity contribution is -0.121. The van der Waals surface area contributed by atoms with Gasteiger partial charge in [-0.15, -0.1) is 0 Å². The summed E-state index contributed by atoms with van der Waals surface area (Å²) < 4.78 is 13.0. The molecule has 2 nitrogen and oxygen atoms in total. The molecule has 0 heterocycles. The first-order valence-electron chi connectivity index (χ1n) is 9.23. The van der Waals surface area contributed by atoms with E-state index in [0.717, 1.165) is 18.4 Å². The average molecular weight is 321 g/mol. The maximum absolute atomic E-state index is 13.0. The number of hydrogen-bond acceptors (Lipinski definition) is 1. The number of hydrogen-bond donors (Lipinski definition) is 1. The highest BCUT2D eigenvalue weighted by Gasteiger charge is 2.01. The number of nitrogens with one attached hydrogen (secondary N) is 1. The van der Waals surface area contributed by atoms with Gasteiger partial charge in [-0.1, -0.05) is 70.4 Å². The molecule has 0 saturated carbocycles. The van der Waals surface area contributed by atoms with Gasteiger partial charge >= 0.3 is 0 Å². The van der Waals surface area contributed by atoms with Gasteiger partial charge in [0.1, 0.15) is 5.82 Å². The molecule has 0 aliphatic rings. The van der Waals surface area contributed by atoms with Crippen LogP contribution in [0.15, 0.2) is 24.3 Å². The molecule has 1 amide bonds. The summed E-state index contributed by atoms with van der Waals surface area (Å²) in [5.74, 6) is -0.104. The number of amides is 1. The van der Waals surface area contributed by atoms with Crippen LogP contribution in [0, 0.1) is 5.82 Å². The molecule has 1 aromatic rings. The Hall–Kier alpha value is -1.38. The monoisotopic (exact) mass is 321 g/mol. The first kappa shape index (κ1) is 19.7. The van der Waals surface area contributed by atoms with Crippen molar-refractivity contribution in [2.75, 3.05) is 6.54 Å². The van der Waals surface area contributed by atoms with Crippen LogP contribution in [-0.4, -0.2) is 12.5 Å². The van der Waals surface area contributed by atoms with Crippen LogP contribution in [0.1, 0.15) is 76.7 Å². The van der Waals surface area contributed by atoms with Crippen molar-refractivity contribution in [2.45, 2.75) is 77.6 Å². The summed E-state index contributed by atoms with van der Waals surface area (Å²) in [5.41, 5.74) is 0.924. The third-order valence-corrected chi connectivity index (χ3v) is 4.13. The second kappa shape index (κ2) is 13.1. The van der Waals surface area contributed by atoms with E-state index in [-0.39, 0.29) is 11.7 Å². The lowest BCUT2D eigenvalue weighted by atomic mass is 10.1. The molecule has 0 bridgehead atoms. The van der Waals surface area contributed by atoms with Crippen molar-refractivity contribution in [1.29, 1.82) is 0 Å². The molecule has 0 atom stereocenters. The highest BCUT2D eigenvalue weighted by atomic mass is 19.1. The van der Waals surface area contributed by atoms with Crippen LogP contribution in [0.3, 0.4) is 0 Å². The van der Waals surface area contributed by atoms with E-state index in [1.54, 1.807) is 6.07 Å². The van der Waals surface area contributed by atoms with E-state index in [2.05, 4.69) is 12.2 Å². The summed E-state index contributed by atoms with van der Waals surface area (Å²) in [6.07, 6.45) is 12.7. The van der Waals surface area contributed by atoms with Crippen molar-refractivity contribution in [1.82, 2.24) is 5.32 Å². The van der Waals surface area contributed by atoms with Gasteiger partial charge in [0.25, 0.3) is 0 Å². The zero-order valence-electron chi connectivity index (χ0n) is 14.6. The largest absolute Gasteiger partial charge is 0.356 e. The SMILES string of the molecule is CCCCCCCCCCCC(=O)NCCc1cccc(F)c1. The first-order chi connectivity index (χ1) is 11.2. The molecular formula is C20H32FNO. The van der Waals surface area contributed by atoms with Crippen molar-refractivity contribution in [3.8, 4) is 0 Å². The fraction of sp³-hybridized carbons (Fsp3) is 0.650. The summed E-state index contributed by atoms with van der Waals surface area (Å²) in [4.78, 5) is 11.7. The van der Waals surface area contributed by atoms with Crippen molar-refractivity contribution < 1.29 is 9.18 Å². The summed E-state index contributed by atoms with van der Waals surface area (Å²) in [6.45, 7) is 2.82. The lowest BCUT2D eigenvalue weighted by Crippen LogP contribution is -2.25. The first-order valence-corrected chi connectivity index (χ1v) is 9.23. The maximum atomic E-state index is 13.0. The van der Waals surface area contributed by atoms with E-state index in [0.29, 0.717) is 19.4 Å². The van der Waals surface area contributed by atoms with Gasteiger partial charge in [0, 0.05) is 13.0 Å².